The van der Waals surface area contributed by atoms with Crippen LogP contribution in [0.3, 0.4) is 0 Å². The van der Waals surface area contributed by atoms with E-state index in [1.165, 1.54) is 0 Å². The number of benzene rings is 1. The zero-order chi connectivity index (χ0) is 15.8. The largest absolute Gasteiger partial charge is 0.862 e. The number of hydrogen-bond donors (Lipinski definition) is 0. The summed E-state index contributed by atoms with van der Waals surface area (Å²) in [5, 5.41) is 21.1. The van der Waals surface area contributed by atoms with Crippen molar-refractivity contribution < 1.29 is 5.11 Å². The van der Waals surface area contributed by atoms with Crippen molar-refractivity contribution in [1.82, 2.24) is 9.55 Å². The third-order valence-corrected chi connectivity index (χ3v) is 3.34. The van der Waals surface area contributed by atoms with Crippen LogP contribution in [0.5, 0.6) is 0 Å². The fourth-order valence-corrected chi connectivity index (χ4v) is 2.17. The van der Waals surface area contributed by atoms with Crippen LogP contribution in [0, 0.1) is 11.3 Å². The van der Waals surface area contributed by atoms with Gasteiger partial charge in [-0.25, -0.2) is 9.98 Å². The number of nitrogens with zero attached hydrogens (tertiary/aromatic N) is 4. The molecule has 0 amide bonds. The normalized spacial score (nSPS) is 11.4. The summed E-state index contributed by atoms with van der Waals surface area (Å²) in [4.78, 5) is 8.13. The Morgan fingerprint density at radius 2 is 2.09 bits per heavy atom. The number of rotatable bonds is 7. The van der Waals surface area contributed by atoms with Gasteiger partial charge < -0.3 is 9.67 Å². The summed E-state index contributed by atoms with van der Waals surface area (Å²) in [6.07, 6.45) is 4.87. The van der Waals surface area contributed by atoms with Crippen LogP contribution in [0.1, 0.15) is 43.9 Å². The number of hydrogen-bond acceptors (Lipinski definition) is 4. The van der Waals surface area contributed by atoms with E-state index in [4.69, 9.17) is 5.26 Å². The van der Waals surface area contributed by atoms with E-state index >= 15 is 0 Å². The van der Waals surface area contributed by atoms with Crippen LogP contribution in [0.25, 0.3) is 0 Å². The van der Waals surface area contributed by atoms with Gasteiger partial charge in [0.1, 0.15) is 6.07 Å². The number of unbranched alkanes of at least 4 members (excludes halogenated alkanes) is 2. The van der Waals surface area contributed by atoms with Gasteiger partial charge in [0.2, 0.25) is 0 Å². The zero-order valence-corrected chi connectivity index (χ0v) is 12.7. The monoisotopic (exact) mass is 295 g/mol. The molecule has 22 heavy (non-hydrogen) atoms. The van der Waals surface area contributed by atoms with Gasteiger partial charge in [0.25, 0.3) is 0 Å². The standard InChI is InChI=1S/C17H20N4O/c1-2-3-5-10-16(22)20-17-15(11-18)19-13-21(17)12-14-8-6-4-7-9-14/h4,6-9,13H,2-3,5,10,12H2,1H3,(H,20,22)/p-1. The topological polar surface area (TPSA) is 77.0 Å². The van der Waals surface area contributed by atoms with Gasteiger partial charge in [0.05, 0.1) is 12.9 Å². The minimum Gasteiger partial charge on any atom is -0.862 e. The SMILES string of the molecule is CCCCC/C([O-])=N\c1c(C#N)ncn1Cc1ccccc1. The molecule has 1 heterocycles. The van der Waals surface area contributed by atoms with E-state index in [1.807, 2.05) is 36.4 Å². The maximum absolute atomic E-state index is 11.9. The fraction of sp³-hybridized carbons (Fsp3) is 0.353. The fourth-order valence-electron chi connectivity index (χ4n) is 2.17. The summed E-state index contributed by atoms with van der Waals surface area (Å²) in [7, 11) is 0. The predicted octanol–water partition coefficient (Wildman–Crippen LogP) is 2.77. The molecule has 2 aromatic rings. The van der Waals surface area contributed by atoms with Gasteiger partial charge in [-0.2, -0.15) is 5.26 Å². The Bertz CT molecular complexity index is 668. The molecule has 1 aromatic heterocycles. The highest BCUT2D eigenvalue weighted by molar-refractivity contribution is 5.75. The summed E-state index contributed by atoms with van der Waals surface area (Å²) in [6, 6.07) is 11.8. The molecule has 0 saturated heterocycles. The number of nitriles is 1. The third-order valence-electron chi connectivity index (χ3n) is 3.34. The smallest absolute Gasteiger partial charge is 0.185 e. The van der Waals surface area contributed by atoms with E-state index in [-0.39, 0.29) is 11.6 Å². The Labute approximate surface area is 130 Å². The van der Waals surface area contributed by atoms with Gasteiger partial charge in [-0.1, -0.05) is 50.1 Å². The Morgan fingerprint density at radius 3 is 2.77 bits per heavy atom. The first kappa shape index (κ1) is 15.8. The molecule has 0 aliphatic rings. The lowest BCUT2D eigenvalue weighted by Crippen LogP contribution is -2.17. The zero-order valence-electron chi connectivity index (χ0n) is 12.7. The maximum Gasteiger partial charge on any atom is 0.185 e. The maximum atomic E-state index is 11.9. The van der Waals surface area contributed by atoms with Gasteiger partial charge in [-0.15, -0.1) is 0 Å². The van der Waals surface area contributed by atoms with Crippen LogP contribution in [0.2, 0.25) is 0 Å². The molecule has 0 aliphatic heterocycles. The average molecular weight is 295 g/mol. The first-order valence-electron chi connectivity index (χ1n) is 7.48. The first-order chi connectivity index (χ1) is 10.7. The second-order valence-electron chi connectivity index (χ2n) is 5.10. The number of imidazole rings is 1. The lowest BCUT2D eigenvalue weighted by atomic mass is 10.2. The van der Waals surface area contributed by atoms with Gasteiger partial charge in [-0.3, -0.25) is 0 Å². The summed E-state index contributed by atoms with van der Waals surface area (Å²) >= 11 is 0. The van der Waals surface area contributed by atoms with E-state index in [1.54, 1.807) is 10.9 Å². The molecule has 0 atom stereocenters. The molecule has 0 saturated carbocycles. The molecule has 0 fully saturated rings. The van der Waals surface area contributed by atoms with Crippen molar-refractivity contribution in [2.75, 3.05) is 0 Å². The van der Waals surface area contributed by atoms with E-state index in [0.29, 0.717) is 18.8 Å². The molecule has 0 spiro atoms. The first-order valence-corrected chi connectivity index (χ1v) is 7.48. The Morgan fingerprint density at radius 1 is 1.32 bits per heavy atom. The average Bonchev–Trinajstić information content (AvgIpc) is 2.90. The quantitative estimate of drug-likeness (QED) is 0.447. The van der Waals surface area contributed by atoms with E-state index in [9.17, 15) is 5.11 Å². The number of aliphatic imine (C=N–C) groups is 1. The molecule has 114 valence electrons. The highest BCUT2D eigenvalue weighted by Gasteiger charge is 2.09. The van der Waals surface area contributed by atoms with Gasteiger partial charge in [0, 0.05) is 0 Å². The molecular weight excluding hydrogens is 276 g/mol. The van der Waals surface area contributed by atoms with Crippen molar-refractivity contribution in [2.45, 2.75) is 39.2 Å². The summed E-state index contributed by atoms with van der Waals surface area (Å²) in [6.45, 7) is 2.63. The minimum absolute atomic E-state index is 0.194. The highest BCUT2D eigenvalue weighted by Crippen LogP contribution is 2.19. The third kappa shape index (κ3) is 4.19. The van der Waals surface area contributed by atoms with Gasteiger partial charge >= 0.3 is 0 Å². The van der Waals surface area contributed by atoms with Gasteiger partial charge in [-0.05, 0) is 24.3 Å². The van der Waals surface area contributed by atoms with E-state index in [0.717, 1.165) is 24.8 Å². The molecule has 5 heteroatoms. The predicted molar refractivity (Wildman–Crippen MR) is 83.7 cm³/mol. The molecule has 2 rings (SSSR count). The molecule has 0 bridgehead atoms. The Hall–Kier alpha value is -2.61. The van der Waals surface area contributed by atoms with Crippen LogP contribution in [-0.2, 0) is 6.54 Å². The molecule has 0 radical (unpaired) electrons. The lowest BCUT2D eigenvalue weighted by Gasteiger charge is -2.11. The number of aromatic nitrogens is 2. The molecule has 0 aliphatic carbocycles. The molecule has 5 nitrogen and oxygen atoms in total. The second-order valence-corrected chi connectivity index (χ2v) is 5.10. The van der Waals surface area contributed by atoms with Crippen molar-refractivity contribution in [1.29, 1.82) is 5.26 Å². The molecular formula is C17H19N4O-. The van der Waals surface area contributed by atoms with Crippen LogP contribution in [0.15, 0.2) is 41.7 Å². The van der Waals surface area contributed by atoms with Crippen LogP contribution in [-0.4, -0.2) is 15.4 Å². The van der Waals surface area contributed by atoms with Crippen molar-refractivity contribution >= 4 is 11.7 Å². The van der Waals surface area contributed by atoms with Crippen LogP contribution < -0.4 is 5.11 Å². The Kier molecular flexibility index (Phi) is 5.73. The molecule has 1 aromatic carbocycles. The minimum atomic E-state index is -0.195. The second kappa shape index (κ2) is 7.99. The van der Waals surface area contributed by atoms with E-state index < -0.39 is 0 Å². The molecule has 0 unspecified atom stereocenters. The van der Waals surface area contributed by atoms with Crippen LogP contribution >= 0.6 is 0 Å². The highest BCUT2D eigenvalue weighted by atomic mass is 16.3. The van der Waals surface area contributed by atoms with Gasteiger partial charge in [0.15, 0.2) is 11.5 Å². The van der Waals surface area contributed by atoms with Crippen molar-refractivity contribution in [3.05, 3.63) is 47.9 Å². The van der Waals surface area contributed by atoms with Crippen molar-refractivity contribution in [2.24, 2.45) is 4.99 Å². The van der Waals surface area contributed by atoms with Crippen LogP contribution in [0.4, 0.5) is 5.82 Å². The summed E-state index contributed by atoms with van der Waals surface area (Å²) in [5.41, 5.74) is 1.26. The van der Waals surface area contributed by atoms with E-state index in [2.05, 4.69) is 16.9 Å². The van der Waals surface area contributed by atoms with Crippen molar-refractivity contribution in [3.63, 3.8) is 0 Å². The lowest BCUT2D eigenvalue weighted by molar-refractivity contribution is -0.218. The summed E-state index contributed by atoms with van der Waals surface area (Å²) < 4.78 is 1.74. The summed E-state index contributed by atoms with van der Waals surface area (Å²) in [5.74, 6) is 0.160. The van der Waals surface area contributed by atoms with Crippen molar-refractivity contribution in [3.8, 4) is 6.07 Å². The Balaban J connectivity index is 2.20. The molecule has 0 N–H and O–H groups in total.